The number of fused-ring (bicyclic) bond motifs is 5. The van der Waals surface area contributed by atoms with Crippen LogP contribution < -0.4 is 4.90 Å². The first kappa shape index (κ1) is 37.8. The van der Waals surface area contributed by atoms with Crippen LogP contribution in [0.1, 0.15) is 35.6 Å². The lowest BCUT2D eigenvalue weighted by Crippen LogP contribution is -2.30. The maximum Gasteiger partial charge on any atom is 0.0710 e. The Bertz CT molecular complexity index is 3340. The Labute approximate surface area is 375 Å². The summed E-state index contributed by atoms with van der Waals surface area (Å²) in [6, 6.07) is 84.8. The van der Waals surface area contributed by atoms with Crippen LogP contribution in [-0.4, -0.2) is 4.57 Å². The molecular weight excluding hydrogens is 773 g/mol. The number of nitrogens with zero attached hydrogens (tertiary/aromatic N) is 2. The van der Waals surface area contributed by atoms with Crippen LogP contribution in [0, 0.1) is 5.92 Å². The van der Waals surface area contributed by atoms with Gasteiger partial charge in [-0.2, -0.15) is 0 Å². The lowest BCUT2D eigenvalue weighted by Gasteiger charge is -2.36. The molecule has 1 aromatic heterocycles. The van der Waals surface area contributed by atoms with E-state index in [4.69, 9.17) is 0 Å². The molecule has 2 aliphatic carbocycles. The molecule has 64 heavy (non-hydrogen) atoms. The van der Waals surface area contributed by atoms with E-state index in [0.29, 0.717) is 5.92 Å². The Morgan fingerprint density at radius 2 is 0.969 bits per heavy atom. The second-order valence-electron chi connectivity index (χ2n) is 17.4. The highest BCUT2D eigenvalue weighted by Gasteiger charge is 2.48. The normalized spacial score (nSPS) is 15.0. The molecule has 12 rings (SSSR count). The van der Waals surface area contributed by atoms with Crippen molar-refractivity contribution >= 4 is 44.4 Å². The van der Waals surface area contributed by atoms with Crippen molar-refractivity contribution in [3.05, 3.63) is 271 Å². The average molecular weight is 819 g/mol. The van der Waals surface area contributed by atoms with Gasteiger partial charge in [0, 0.05) is 33.5 Å². The molecule has 1 atom stereocenters. The summed E-state index contributed by atoms with van der Waals surface area (Å²) in [5.74, 6) is 0.468. The number of anilines is 3. The van der Waals surface area contributed by atoms with Gasteiger partial charge in [-0.25, -0.2) is 0 Å². The van der Waals surface area contributed by atoms with Gasteiger partial charge < -0.3 is 9.47 Å². The third kappa shape index (κ3) is 6.09. The maximum atomic E-state index is 2.49. The molecule has 304 valence electrons. The van der Waals surface area contributed by atoms with E-state index in [-0.39, 0.29) is 0 Å². The van der Waals surface area contributed by atoms with Crippen LogP contribution in [0.2, 0.25) is 0 Å². The molecule has 0 aliphatic heterocycles. The van der Waals surface area contributed by atoms with Gasteiger partial charge in [0.05, 0.1) is 16.4 Å². The minimum Gasteiger partial charge on any atom is -0.310 e. The molecule has 9 aromatic carbocycles. The highest BCUT2D eigenvalue weighted by atomic mass is 15.1. The summed E-state index contributed by atoms with van der Waals surface area (Å²) in [5, 5.41) is 2.50. The molecule has 0 fully saturated rings. The molecule has 0 spiro atoms. The molecule has 0 N–H and O–H groups in total. The Morgan fingerprint density at radius 3 is 1.62 bits per heavy atom. The van der Waals surface area contributed by atoms with Crippen LogP contribution in [0.5, 0.6) is 0 Å². The highest BCUT2D eigenvalue weighted by molar-refractivity contribution is 6.10. The van der Waals surface area contributed by atoms with E-state index < -0.39 is 5.41 Å². The van der Waals surface area contributed by atoms with Gasteiger partial charge in [0.2, 0.25) is 0 Å². The highest BCUT2D eigenvalue weighted by Crippen LogP contribution is 2.58. The van der Waals surface area contributed by atoms with Crippen LogP contribution in [0.15, 0.2) is 248 Å². The van der Waals surface area contributed by atoms with Crippen molar-refractivity contribution in [2.75, 3.05) is 4.90 Å². The third-order valence-electron chi connectivity index (χ3n) is 13.6. The standard InChI is InChI=1S/C62H46N2/c1-43-26-38-58-56(40-43)54-37-36-53(42-59(54)62(58,48-18-8-3-9-19-48)49-20-10-4-11-21-49)63(51-32-27-45(28-33-51)44-16-6-2-7-17-44)52-34-29-46(30-35-52)47-31-39-61-57(41-47)55-24-14-15-25-60(55)64(61)50-22-12-5-13-23-50/h2-39,41-43H,40H2,1H3/t43-/m0/s1. The zero-order valence-corrected chi connectivity index (χ0v) is 35.8. The van der Waals surface area contributed by atoms with Crippen LogP contribution in [0.25, 0.3) is 55.3 Å². The van der Waals surface area contributed by atoms with Gasteiger partial charge in [0.1, 0.15) is 0 Å². The molecule has 2 nitrogen and oxygen atoms in total. The second kappa shape index (κ2) is 15.4. The topological polar surface area (TPSA) is 8.17 Å². The van der Waals surface area contributed by atoms with E-state index in [2.05, 4.69) is 259 Å². The molecule has 0 bridgehead atoms. The predicted octanol–water partition coefficient (Wildman–Crippen LogP) is 16.3. The van der Waals surface area contributed by atoms with Crippen LogP contribution in [0.4, 0.5) is 17.1 Å². The number of hydrogen-bond donors (Lipinski definition) is 0. The number of allylic oxidation sites excluding steroid dienone is 4. The Hall–Kier alpha value is -7.94. The molecular formula is C62H46N2. The van der Waals surface area contributed by atoms with Crippen molar-refractivity contribution in [2.45, 2.75) is 18.8 Å². The van der Waals surface area contributed by atoms with Crippen LogP contribution in [0.3, 0.4) is 0 Å². The fourth-order valence-corrected chi connectivity index (χ4v) is 10.7. The summed E-state index contributed by atoms with van der Waals surface area (Å²) in [6.07, 6.45) is 5.86. The van der Waals surface area contributed by atoms with Crippen molar-refractivity contribution in [3.63, 3.8) is 0 Å². The van der Waals surface area contributed by atoms with Gasteiger partial charge in [-0.1, -0.05) is 183 Å². The van der Waals surface area contributed by atoms with Gasteiger partial charge in [-0.05, 0) is 135 Å². The molecule has 0 saturated carbocycles. The Balaban J connectivity index is 1.01. The van der Waals surface area contributed by atoms with E-state index in [1.54, 1.807) is 0 Å². The molecule has 10 aromatic rings. The van der Waals surface area contributed by atoms with Crippen molar-refractivity contribution in [3.8, 4) is 27.9 Å². The largest absolute Gasteiger partial charge is 0.310 e. The van der Waals surface area contributed by atoms with E-state index >= 15 is 0 Å². The number of hydrogen-bond acceptors (Lipinski definition) is 1. The average Bonchev–Trinajstić information content (AvgIpc) is 3.85. The lowest BCUT2D eigenvalue weighted by molar-refractivity contribution is 0.718. The zero-order chi connectivity index (χ0) is 42.6. The van der Waals surface area contributed by atoms with Gasteiger partial charge in [-0.3, -0.25) is 0 Å². The summed E-state index contributed by atoms with van der Waals surface area (Å²) in [4.78, 5) is 2.44. The zero-order valence-electron chi connectivity index (χ0n) is 35.8. The van der Waals surface area contributed by atoms with E-state index in [1.807, 2.05) is 0 Å². The van der Waals surface area contributed by atoms with Gasteiger partial charge >= 0.3 is 0 Å². The first-order valence-electron chi connectivity index (χ1n) is 22.5. The van der Waals surface area contributed by atoms with Crippen molar-refractivity contribution in [1.29, 1.82) is 0 Å². The lowest BCUT2D eigenvalue weighted by atomic mass is 9.66. The Kier molecular flexibility index (Phi) is 9.12. The molecule has 0 radical (unpaired) electrons. The summed E-state index contributed by atoms with van der Waals surface area (Å²) >= 11 is 0. The molecule has 0 saturated heterocycles. The van der Waals surface area contributed by atoms with Gasteiger partial charge in [0.15, 0.2) is 0 Å². The number of para-hydroxylation sites is 2. The third-order valence-corrected chi connectivity index (χ3v) is 13.6. The minimum atomic E-state index is -0.463. The van der Waals surface area contributed by atoms with Crippen LogP contribution in [-0.2, 0) is 5.41 Å². The van der Waals surface area contributed by atoms with E-state index in [0.717, 1.165) is 23.5 Å². The SMILES string of the molecule is C[C@H]1C=CC2=C(C1)c1ccc(N(c3ccc(-c4ccccc4)cc3)c3ccc(-c4ccc5c(c4)c4ccccc4n5-c4ccccc4)cc3)cc1C2(c1ccccc1)c1ccccc1. The summed E-state index contributed by atoms with van der Waals surface area (Å²) in [5.41, 5.74) is 19.3. The summed E-state index contributed by atoms with van der Waals surface area (Å²) in [6.45, 7) is 2.34. The van der Waals surface area contributed by atoms with Gasteiger partial charge in [-0.15, -0.1) is 0 Å². The monoisotopic (exact) mass is 818 g/mol. The second-order valence-corrected chi connectivity index (χ2v) is 17.4. The fraction of sp³-hybridized carbons (Fsp3) is 0.0645. The van der Waals surface area contributed by atoms with E-state index in [9.17, 15) is 0 Å². The van der Waals surface area contributed by atoms with Crippen LogP contribution >= 0.6 is 0 Å². The molecule has 0 unspecified atom stereocenters. The quantitative estimate of drug-likeness (QED) is 0.148. The minimum absolute atomic E-state index is 0.463. The molecule has 1 heterocycles. The maximum absolute atomic E-state index is 2.49. The molecule has 2 heteroatoms. The number of benzene rings is 9. The van der Waals surface area contributed by atoms with Gasteiger partial charge in [0.25, 0.3) is 0 Å². The first-order valence-corrected chi connectivity index (χ1v) is 22.5. The molecule has 2 aliphatic rings. The smallest absolute Gasteiger partial charge is 0.0710 e. The number of rotatable bonds is 8. The molecule has 0 amide bonds. The van der Waals surface area contributed by atoms with Crippen molar-refractivity contribution in [2.24, 2.45) is 5.92 Å². The predicted molar refractivity (Wildman–Crippen MR) is 269 cm³/mol. The fourth-order valence-electron chi connectivity index (χ4n) is 10.7. The number of aromatic nitrogens is 1. The summed E-state index contributed by atoms with van der Waals surface area (Å²) in [7, 11) is 0. The van der Waals surface area contributed by atoms with Crippen molar-refractivity contribution < 1.29 is 0 Å². The van der Waals surface area contributed by atoms with Crippen molar-refractivity contribution in [1.82, 2.24) is 4.57 Å². The van der Waals surface area contributed by atoms with E-state index in [1.165, 1.54) is 83.1 Å². The first-order chi connectivity index (χ1) is 31.6. The summed E-state index contributed by atoms with van der Waals surface area (Å²) < 4.78 is 2.38. The Morgan fingerprint density at radius 1 is 0.453 bits per heavy atom.